The normalized spacial score (nSPS) is 10.4. The number of unbranched alkanes of at least 4 members (excludes halogenated alkanes) is 2. The van der Waals surface area contributed by atoms with Crippen LogP contribution >= 0.6 is 0 Å². The molecular formula is C15H24N2O2. The van der Waals surface area contributed by atoms with E-state index in [-0.39, 0.29) is 5.91 Å². The standard InChI is InChI=1S/C15H24N2O2/c1-19-12-6-2-5-11-17-15(18)14-8-4-3-7-13(14)9-10-16/h3-4,7-8H,2,5-6,9-12,16H2,1H3,(H,17,18). The molecule has 0 aromatic heterocycles. The second-order valence-corrected chi connectivity index (χ2v) is 4.51. The number of amides is 1. The molecule has 0 atom stereocenters. The number of carbonyl (C=O) groups excluding carboxylic acids is 1. The van der Waals surface area contributed by atoms with Crippen LogP contribution < -0.4 is 11.1 Å². The molecule has 0 saturated carbocycles. The molecule has 0 spiro atoms. The fourth-order valence-electron chi connectivity index (χ4n) is 1.96. The Bertz CT molecular complexity index is 380. The summed E-state index contributed by atoms with van der Waals surface area (Å²) in [4.78, 5) is 12.1. The Morgan fingerprint density at radius 1 is 1.26 bits per heavy atom. The topological polar surface area (TPSA) is 64.3 Å². The van der Waals surface area contributed by atoms with Crippen LogP contribution in [0.25, 0.3) is 0 Å². The first-order chi connectivity index (χ1) is 9.29. The first-order valence-corrected chi connectivity index (χ1v) is 6.84. The Labute approximate surface area is 115 Å². The quantitative estimate of drug-likeness (QED) is 0.668. The summed E-state index contributed by atoms with van der Waals surface area (Å²) in [5, 5.41) is 2.95. The van der Waals surface area contributed by atoms with Gasteiger partial charge in [-0.05, 0) is 43.9 Å². The minimum Gasteiger partial charge on any atom is -0.385 e. The molecule has 3 N–H and O–H groups in total. The van der Waals surface area contributed by atoms with Gasteiger partial charge in [-0.15, -0.1) is 0 Å². The monoisotopic (exact) mass is 264 g/mol. The zero-order chi connectivity index (χ0) is 13.9. The van der Waals surface area contributed by atoms with Crippen molar-refractivity contribution in [1.82, 2.24) is 5.32 Å². The molecule has 19 heavy (non-hydrogen) atoms. The average Bonchev–Trinajstić information content (AvgIpc) is 2.43. The lowest BCUT2D eigenvalue weighted by atomic mass is 10.0. The van der Waals surface area contributed by atoms with Crippen molar-refractivity contribution in [2.75, 3.05) is 26.8 Å². The van der Waals surface area contributed by atoms with E-state index >= 15 is 0 Å². The number of rotatable bonds is 9. The highest BCUT2D eigenvalue weighted by atomic mass is 16.5. The van der Waals surface area contributed by atoms with Gasteiger partial charge in [-0.1, -0.05) is 18.2 Å². The highest BCUT2D eigenvalue weighted by Gasteiger charge is 2.09. The Morgan fingerprint density at radius 3 is 2.79 bits per heavy atom. The summed E-state index contributed by atoms with van der Waals surface area (Å²) in [6.45, 7) is 2.05. The fraction of sp³-hybridized carbons (Fsp3) is 0.533. The summed E-state index contributed by atoms with van der Waals surface area (Å²) < 4.78 is 4.98. The van der Waals surface area contributed by atoms with Gasteiger partial charge in [0.25, 0.3) is 5.91 Å². The summed E-state index contributed by atoms with van der Waals surface area (Å²) >= 11 is 0. The maximum Gasteiger partial charge on any atom is 0.251 e. The largest absolute Gasteiger partial charge is 0.385 e. The molecule has 4 nitrogen and oxygen atoms in total. The molecule has 1 rings (SSSR count). The van der Waals surface area contributed by atoms with Gasteiger partial charge < -0.3 is 15.8 Å². The van der Waals surface area contributed by atoms with E-state index < -0.39 is 0 Å². The number of benzene rings is 1. The molecule has 1 aromatic carbocycles. The van der Waals surface area contributed by atoms with Crippen molar-refractivity contribution in [2.45, 2.75) is 25.7 Å². The van der Waals surface area contributed by atoms with Crippen LogP contribution in [-0.4, -0.2) is 32.7 Å². The minimum atomic E-state index is -0.00390. The number of nitrogens with one attached hydrogen (secondary N) is 1. The Hall–Kier alpha value is -1.39. The van der Waals surface area contributed by atoms with Gasteiger partial charge in [0.1, 0.15) is 0 Å². The van der Waals surface area contributed by atoms with Crippen LogP contribution in [-0.2, 0) is 11.2 Å². The smallest absolute Gasteiger partial charge is 0.251 e. The Morgan fingerprint density at radius 2 is 2.05 bits per heavy atom. The predicted octanol–water partition coefficient (Wildman–Crippen LogP) is 1.73. The third kappa shape index (κ3) is 5.85. The van der Waals surface area contributed by atoms with Crippen molar-refractivity contribution in [1.29, 1.82) is 0 Å². The van der Waals surface area contributed by atoms with E-state index in [1.165, 1.54) is 0 Å². The summed E-state index contributed by atoms with van der Waals surface area (Å²) in [6, 6.07) is 7.63. The maximum atomic E-state index is 12.1. The third-order valence-electron chi connectivity index (χ3n) is 2.99. The number of carbonyl (C=O) groups is 1. The Balaban J connectivity index is 2.36. The SMILES string of the molecule is COCCCCCNC(=O)c1ccccc1CCN. The number of methoxy groups -OCH3 is 1. The molecule has 0 aliphatic carbocycles. The van der Waals surface area contributed by atoms with Gasteiger partial charge in [0, 0.05) is 25.8 Å². The molecule has 0 heterocycles. The van der Waals surface area contributed by atoms with E-state index in [0.717, 1.165) is 43.4 Å². The third-order valence-corrected chi connectivity index (χ3v) is 2.99. The highest BCUT2D eigenvalue weighted by Crippen LogP contribution is 2.09. The van der Waals surface area contributed by atoms with Crippen LogP contribution in [0.4, 0.5) is 0 Å². The molecular weight excluding hydrogens is 240 g/mol. The molecule has 0 aliphatic rings. The number of hydrogen-bond acceptors (Lipinski definition) is 3. The molecule has 106 valence electrons. The molecule has 0 fully saturated rings. The Kier molecular flexibility index (Phi) is 7.86. The first kappa shape index (κ1) is 15.7. The average molecular weight is 264 g/mol. The lowest BCUT2D eigenvalue weighted by molar-refractivity contribution is 0.0951. The van der Waals surface area contributed by atoms with Gasteiger partial charge in [-0.25, -0.2) is 0 Å². The van der Waals surface area contributed by atoms with Gasteiger partial charge >= 0.3 is 0 Å². The van der Waals surface area contributed by atoms with E-state index in [4.69, 9.17) is 10.5 Å². The molecule has 0 bridgehead atoms. The van der Waals surface area contributed by atoms with E-state index in [1.807, 2.05) is 24.3 Å². The zero-order valence-electron chi connectivity index (χ0n) is 11.7. The van der Waals surface area contributed by atoms with Crippen LogP contribution in [0.5, 0.6) is 0 Å². The molecule has 0 aliphatic heterocycles. The van der Waals surface area contributed by atoms with Crippen LogP contribution in [0.15, 0.2) is 24.3 Å². The summed E-state index contributed by atoms with van der Waals surface area (Å²) in [7, 11) is 1.70. The number of hydrogen-bond donors (Lipinski definition) is 2. The molecule has 0 saturated heterocycles. The van der Waals surface area contributed by atoms with E-state index in [0.29, 0.717) is 13.1 Å². The second kappa shape index (κ2) is 9.53. The summed E-state index contributed by atoms with van der Waals surface area (Å²) in [6.07, 6.45) is 3.82. The minimum absolute atomic E-state index is 0.00390. The van der Waals surface area contributed by atoms with Crippen LogP contribution in [0.1, 0.15) is 35.2 Å². The zero-order valence-corrected chi connectivity index (χ0v) is 11.7. The van der Waals surface area contributed by atoms with Crippen molar-refractivity contribution in [3.63, 3.8) is 0 Å². The van der Waals surface area contributed by atoms with Gasteiger partial charge in [0.15, 0.2) is 0 Å². The van der Waals surface area contributed by atoms with E-state index in [2.05, 4.69) is 5.32 Å². The predicted molar refractivity (Wildman–Crippen MR) is 77.3 cm³/mol. The van der Waals surface area contributed by atoms with Gasteiger partial charge in [0.05, 0.1) is 0 Å². The lowest BCUT2D eigenvalue weighted by Crippen LogP contribution is -2.26. The van der Waals surface area contributed by atoms with Crippen LogP contribution in [0.2, 0.25) is 0 Å². The maximum absolute atomic E-state index is 12.1. The summed E-state index contributed by atoms with van der Waals surface area (Å²) in [5.41, 5.74) is 7.31. The van der Waals surface area contributed by atoms with Crippen molar-refractivity contribution >= 4 is 5.91 Å². The molecule has 1 amide bonds. The van der Waals surface area contributed by atoms with Gasteiger partial charge in [-0.2, -0.15) is 0 Å². The van der Waals surface area contributed by atoms with Crippen molar-refractivity contribution in [3.05, 3.63) is 35.4 Å². The fourth-order valence-corrected chi connectivity index (χ4v) is 1.96. The molecule has 0 radical (unpaired) electrons. The van der Waals surface area contributed by atoms with Crippen LogP contribution in [0, 0.1) is 0 Å². The second-order valence-electron chi connectivity index (χ2n) is 4.51. The van der Waals surface area contributed by atoms with E-state index in [1.54, 1.807) is 7.11 Å². The van der Waals surface area contributed by atoms with Crippen molar-refractivity contribution in [2.24, 2.45) is 5.73 Å². The molecule has 0 unspecified atom stereocenters. The first-order valence-electron chi connectivity index (χ1n) is 6.84. The number of ether oxygens (including phenoxy) is 1. The van der Waals surface area contributed by atoms with Crippen LogP contribution in [0.3, 0.4) is 0 Å². The lowest BCUT2D eigenvalue weighted by Gasteiger charge is -2.09. The molecule has 1 aromatic rings. The number of nitrogens with two attached hydrogens (primary N) is 1. The van der Waals surface area contributed by atoms with Crippen molar-refractivity contribution in [3.8, 4) is 0 Å². The van der Waals surface area contributed by atoms with Gasteiger partial charge in [-0.3, -0.25) is 4.79 Å². The molecule has 4 heteroatoms. The summed E-state index contributed by atoms with van der Waals surface area (Å²) in [5.74, 6) is -0.00390. The van der Waals surface area contributed by atoms with Gasteiger partial charge in [0.2, 0.25) is 0 Å². The highest BCUT2D eigenvalue weighted by molar-refractivity contribution is 5.95. The van der Waals surface area contributed by atoms with Crippen molar-refractivity contribution < 1.29 is 9.53 Å². The van der Waals surface area contributed by atoms with E-state index in [9.17, 15) is 4.79 Å².